The summed E-state index contributed by atoms with van der Waals surface area (Å²) in [7, 11) is 1.70. The van der Waals surface area contributed by atoms with Crippen LogP contribution < -0.4 is 5.32 Å². The molecule has 0 saturated heterocycles. The Bertz CT molecular complexity index is 371. The molecule has 0 amide bonds. The minimum Gasteiger partial charge on any atom is -0.382 e. The van der Waals surface area contributed by atoms with Gasteiger partial charge >= 0.3 is 0 Å². The molecule has 0 spiro atoms. The number of aryl methyl sites for hydroxylation is 1. The molecule has 2 rings (SSSR count). The van der Waals surface area contributed by atoms with Crippen LogP contribution in [0.2, 0.25) is 0 Å². The predicted octanol–water partition coefficient (Wildman–Crippen LogP) is 2.10. The summed E-state index contributed by atoms with van der Waals surface area (Å²) < 4.78 is 10.4. The quantitative estimate of drug-likeness (QED) is 0.694. The molecule has 1 aliphatic carbocycles. The zero-order valence-corrected chi connectivity index (χ0v) is 11.7. The maximum absolute atomic E-state index is 5.44. The van der Waals surface area contributed by atoms with Gasteiger partial charge in [0.1, 0.15) is 0 Å². The van der Waals surface area contributed by atoms with Crippen molar-refractivity contribution in [3.8, 4) is 0 Å². The van der Waals surface area contributed by atoms with Crippen LogP contribution in [0.4, 0.5) is 0 Å². The second-order valence-electron chi connectivity index (χ2n) is 4.91. The Morgan fingerprint density at radius 1 is 1.32 bits per heavy atom. The summed E-state index contributed by atoms with van der Waals surface area (Å²) in [6.07, 6.45) is 6.46. The van der Waals surface area contributed by atoms with Gasteiger partial charge in [0.15, 0.2) is 0 Å². The van der Waals surface area contributed by atoms with E-state index in [9.17, 15) is 0 Å². The molecule has 19 heavy (non-hydrogen) atoms. The molecule has 4 nitrogen and oxygen atoms in total. The molecule has 0 saturated carbocycles. The van der Waals surface area contributed by atoms with Gasteiger partial charge in [-0.1, -0.05) is 6.07 Å². The standard InChI is InChI=1S/C15H24N2O2/c1-18-11-12-19-10-3-2-8-16-14-7-6-13-5-4-9-17-15(13)14/h4-5,9,14,16H,2-3,6-8,10-12H2,1H3. The largest absolute Gasteiger partial charge is 0.382 e. The number of fused-ring (bicyclic) bond motifs is 1. The highest BCUT2D eigenvalue weighted by atomic mass is 16.5. The van der Waals surface area contributed by atoms with Crippen LogP contribution in [0.15, 0.2) is 18.3 Å². The fourth-order valence-electron chi connectivity index (χ4n) is 2.46. The van der Waals surface area contributed by atoms with Gasteiger partial charge in [0.2, 0.25) is 0 Å². The third-order valence-electron chi connectivity index (χ3n) is 3.50. The van der Waals surface area contributed by atoms with Gasteiger partial charge in [-0.15, -0.1) is 0 Å². The first-order chi connectivity index (χ1) is 9.42. The van der Waals surface area contributed by atoms with Crippen LogP contribution in [0.5, 0.6) is 0 Å². The number of rotatable bonds is 9. The van der Waals surface area contributed by atoms with E-state index in [1.165, 1.54) is 17.7 Å². The highest BCUT2D eigenvalue weighted by Crippen LogP contribution is 2.28. The van der Waals surface area contributed by atoms with Crippen molar-refractivity contribution in [3.05, 3.63) is 29.6 Å². The highest BCUT2D eigenvalue weighted by Gasteiger charge is 2.22. The van der Waals surface area contributed by atoms with Crippen LogP contribution in [0.1, 0.15) is 36.6 Å². The lowest BCUT2D eigenvalue weighted by Crippen LogP contribution is -2.21. The summed E-state index contributed by atoms with van der Waals surface area (Å²) in [5, 5.41) is 3.60. The van der Waals surface area contributed by atoms with Crippen molar-refractivity contribution in [2.45, 2.75) is 31.7 Å². The van der Waals surface area contributed by atoms with E-state index in [0.29, 0.717) is 19.3 Å². The first-order valence-corrected chi connectivity index (χ1v) is 7.15. The lowest BCUT2D eigenvalue weighted by molar-refractivity contribution is 0.0687. The second-order valence-corrected chi connectivity index (χ2v) is 4.91. The maximum Gasteiger partial charge on any atom is 0.0700 e. The lowest BCUT2D eigenvalue weighted by Gasteiger charge is -2.12. The van der Waals surface area contributed by atoms with E-state index in [2.05, 4.69) is 16.4 Å². The topological polar surface area (TPSA) is 43.4 Å². The lowest BCUT2D eigenvalue weighted by atomic mass is 10.2. The van der Waals surface area contributed by atoms with Crippen LogP contribution >= 0.6 is 0 Å². The molecule has 106 valence electrons. The highest BCUT2D eigenvalue weighted by molar-refractivity contribution is 5.27. The fourth-order valence-corrected chi connectivity index (χ4v) is 2.46. The molecule has 1 heterocycles. The molecule has 0 fully saturated rings. The molecule has 1 aliphatic rings. The van der Waals surface area contributed by atoms with Gasteiger partial charge < -0.3 is 14.8 Å². The van der Waals surface area contributed by atoms with Gasteiger partial charge in [-0.25, -0.2) is 0 Å². The minimum absolute atomic E-state index is 0.450. The van der Waals surface area contributed by atoms with Gasteiger partial charge in [-0.05, 0) is 43.9 Å². The monoisotopic (exact) mass is 264 g/mol. The second kappa shape index (κ2) is 8.25. The smallest absolute Gasteiger partial charge is 0.0700 e. The predicted molar refractivity (Wildman–Crippen MR) is 75.2 cm³/mol. The fraction of sp³-hybridized carbons (Fsp3) is 0.667. The Kier molecular flexibility index (Phi) is 6.27. The van der Waals surface area contributed by atoms with Crippen molar-refractivity contribution in [2.75, 3.05) is 33.5 Å². The molecule has 1 N–H and O–H groups in total. The number of nitrogens with zero attached hydrogens (tertiary/aromatic N) is 1. The summed E-state index contributed by atoms with van der Waals surface area (Å²) in [6, 6.07) is 4.66. The molecular formula is C15H24N2O2. The molecular weight excluding hydrogens is 240 g/mol. The number of pyridine rings is 1. The van der Waals surface area contributed by atoms with Crippen LogP contribution in [0, 0.1) is 0 Å². The average Bonchev–Trinajstić information content (AvgIpc) is 2.85. The van der Waals surface area contributed by atoms with Crippen molar-refractivity contribution >= 4 is 0 Å². The van der Waals surface area contributed by atoms with E-state index in [4.69, 9.17) is 9.47 Å². The van der Waals surface area contributed by atoms with E-state index in [-0.39, 0.29) is 0 Å². The normalized spacial score (nSPS) is 17.6. The van der Waals surface area contributed by atoms with E-state index in [1.54, 1.807) is 7.11 Å². The number of hydrogen-bond donors (Lipinski definition) is 1. The molecule has 0 radical (unpaired) electrons. The van der Waals surface area contributed by atoms with Crippen LogP contribution in [-0.2, 0) is 15.9 Å². The number of hydrogen-bond acceptors (Lipinski definition) is 4. The molecule has 1 atom stereocenters. The Morgan fingerprint density at radius 3 is 3.16 bits per heavy atom. The molecule has 1 aromatic rings. The number of methoxy groups -OCH3 is 1. The average molecular weight is 264 g/mol. The summed E-state index contributed by atoms with van der Waals surface area (Å²) in [4.78, 5) is 4.49. The molecule has 1 unspecified atom stereocenters. The summed E-state index contributed by atoms with van der Waals surface area (Å²) in [5.41, 5.74) is 2.65. The number of aromatic nitrogens is 1. The van der Waals surface area contributed by atoms with E-state index < -0.39 is 0 Å². The molecule has 4 heteroatoms. The van der Waals surface area contributed by atoms with Crippen molar-refractivity contribution in [3.63, 3.8) is 0 Å². The first-order valence-electron chi connectivity index (χ1n) is 7.15. The minimum atomic E-state index is 0.450. The van der Waals surface area contributed by atoms with Gasteiger partial charge in [-0.3, -0.25) is 4.98 Å². The SMILES string of the molecule is COCCOCCCCNC1CCc2cccnc21. The van der Waals surface area contributed by atoms with Crippen molar-refractivity contribution in [2.24, 2.45) is 0 Å². The Balaban J connectivity index is 1.55. The van der Waals surface area contributed by atoms with Crippen molar-refractivity contribution in [1.29, 1.82) is 0 Å². The Hall–Kier alpha value is -0.970. The van der Waals surface area contributed by atoms with Crippen LogP contribution in [-0.4, -0.2) is 38.5 Å². The third kappa shape index (κ3) is 4.56. The Labute approximate surface area is 115 Å². The first kappa shape index (κ1) is 14.4. The zero-order valence-electron chi connectivity index (χ0n) is 11.7. The number of nitrogens with one attached hydrogen (secondary N) is 1. The van der Waals surface area contributed by atoms with Crippen LogP contribution in [0.25, 0.3) is 0 Å². The molecule has 0 bridgehead atoms. The van der Waals surface area contributed by atoms with Gasteiger partial charge in [0.25, 0.3) is 0 Å². The Morgan fingerprint density at radius 2 is 2.26 bits per heavy atom. The van der Waals surface area contributed by atoms with E-state index >= 15 is 0 Å². The summed E-state index contributed by atoms with van der Waals surface area (Å²) in [5.74, 6) is 0. The van der Waals surface area contributed by atoms with Gasteiger partial charge in [0, 0.05) is 19.9 Å². The molecule has 0 aliphatic heterocycles. The maximum atomic E-state index is 5.44. The number of ether oxygens (including phenoxy) is 2. The van der Waals surface area contributed by atoms with Crippen molar-refractivity contribution in [1.82, 2.24) is 10.3 Å². The van der Waals surface area contributed by atoms with E-state index in [0.717, 1.165) is 32.4 Å². The number of unbranched alkanes of at least 4 members (excludes halogenated alkanes) is 1. The van der Waals surface area contributed by atoms with E-state index in [1.807, 2.05) is 12.3 Å². The van der Waals surface area contributed by atoms with Crippen molar-refractivity contribution < 1.29 is 9.47 Å². The summed E-state index contributed by atoms with van der Waals surface area (Å²) >= 11 is 0. The van der Waals surface area contributed by atoms with Gasteiger partial charge in [-0.2, -0.15) is 0 Å². The van der Waals surface area contributed by atoms with Gasteiger partial charge in [0.05, 0.1) is 24.9 Å². The van der Waals surface area contributed by atoms with Crippen LogP contribution in [0.3, 0.4) is 0 Å². The molecule has 0 aromatic carbocycles. The third-order valence-corrected chi connectivity index (χ3v) is 3.50. The summed E-state index contributed by atoms with van der Waals surface area (Å²) in [6.45, 7) is 3.24. The molecule has 1 aromatic heterocycles. The zero-order chi connectivity index (χ0) is 13.3.